The van der Waals surface area contributed by atoms with E-state index < -0.39 is 0 Å². The third kappa shape index (κ3) is 2.96. The maximum Gasteiger partial charge on any atom is 0.291 e. The maximum atomic E-state index is 12.7. The van der Waals surface area contributed by atoms with E-state index in [0.717, 1.165) is 12.8 Å². The second-order valence-corrected chi connectivity index (χ2v) is 7.88. The Morgan fingerprint density at radius 2 is 2.34 bits per heavy atom. The number of pyridine rings is 1. The van der Waals surface area contributed by atoms with Gasteiger partial charge in [0.1, 0.15) is 0 Å². The summed E-state index contributed by atoms with van der Waals surface area (Å²) in [5.41, 5.74) is 0.194. The van der Waals surface area contributed by atoms with Gasteiger partial charge < -0.3 is 24.1 Å². The van der Waals surface area contributed by atoms with Crippen molar-refractivity contribution in [3.05, 3.63) is 42.2 Å². The summed E-state index contributed by atoms with van der Waals surface area (Å²) >= 11 is 0. The van der Waals surface area contributed by atoms with Crippen LogP contribution in [0, 0.1) is 11.8 Å². The number of amides is 2. The minimum absolute atomic E-state index is 0.120. The number of oxazole rings is 1. The molecule has 5 heterocycles. The Morgan fingerprint density at radius 1 is 1.45 bits per heavy atom. The van der Waals surface area contributed by atoms with Crippen molar-refractivity contribution in [1.82, 2.24) is 20.2 Å². The molecular weight excluding hydrogens is 376 g/mol. The number of ether oxygens (including phenoxy) is 2. The minimum atomic E-state index is -0.310. The number of carbonyl (C=O) groups is 2. The molecule has 0 aromatic carbocycles. The fraction of sp³-hybridized carbons (Fsp3) is 0.500. The summed E-state index contributed by atoms with van der Waals surface area (Å²) in [7, 11) is 1.52. The minimum Gasteiger partial charge on any atom is -0.481 e. The van der Waals surface area contributed by atoms with Gasteiger partial charge in [-0.25, -0.2) is 9.97 Å². The number of likely N-dealkylation sites (tertiary alicyclic amines) is 1. The number of hydrogen-bond acceptors (Lipinski definition) is 7. The predicted molar refractivity (Wildman–Crippen MR) is 99.3 cm³/mol. The molecule has 9 heteroatoms. The highest BCUT2D eigenvalue weighted by Gasteiger charge is 2.63. The molecule has 2 aromatic heterocycles. The van der Waals surface area contributed by atoms with Gasteiger partial charge in [0, 0.05) is 42.8 Å². The van der Waals surface area contributed by atoms with Gasteiger partial charge in [0.2, 0.25) is 11.6 Å². The summed E-state index contributed by atoms with van der Waals surface area (Å²) in [4.78, 5) is 34.9. The highest BCUT2D eigenvalue weighted by molar-refractivity contribution is 5.94. The average molecular weight is 398 g/mol. The molecule has 2 amide bonds. The fourth-order valence-electron chi connectivity index (χ4n) is 5.07. The van der Waals surface area contributed by atoms with Crippen LogP contribution in [0.2, 0.25) is 0 Å². The molecule has 0 saturated carbocycles. The van der Waals surface area contributed by atoms with Gasteiger partial charge in [-0.15, -0.1) is 0 Å². The predicted octanol–water partition coefficient (Wildman–Crippen LogP) is 1.13. The van der Waals surface area contributed by atoms with E-state index in [1.807, 2.05) is 0 Å². The molecule has 1 spiro atoms. The van der Waals surface area contributed by atoms with Crippen molar-refractivity contribution in [2.24, 2.45) is 11.8 Å². The number of aromatic nitrogens is 2. The molecule has 3 aliphatic heterocycles. The van der Waals surface area contributed by atoms with Crippen molar-refractivity contribution >= 4 is 11.8 Å². The molecule has 4 atom stereocenters. The smallest absolute Gasteiger partial charge is 0.291 e. The highest BCUT2D eigenvalue weighted by Crippen LogP contribution is 2.54. The van der Waals surface area contributed by atoms with Crippen molar-refractivity contribution in [3.63, 3.8) is 0 Å². The van der Waals surface area contributed by atoms with Gasteiger partial charge in [-0.1, -0.05) is 0 Å². The number of rotatable bonds is 5. The molecule has 1 N–H and O–H groups in total. The second-order valence-electron chi connectivity index (χ2n) is 7.88. The van der Waals surface area contributed by atoms with Crippen LogP contribution in [-0.4, -0.2) is 65.1 Å². The summed E-state index contributed by atoms with van der Waals surface area (Å²) in [6.07, 6.45) is 6.26. The number of methoxy groups -OCH3 is 1. The lowest BCUT2D eigenvalue weighted by Gasteiger charge is -2.29. The lowest BCUT2D eigenvalue weighted by atomic mass is 9.73. The normalized spacial score (nSPS) is 29.7. The van der Waals surface area contributed by atoms with Crippen LogP contribution < -0.4 is 10.1 Å². The van der Waals surface area contributed by atoms with Crippen LogP contribution in [0.4, 0.5) is 0 Å². The third-order valence-electron chi connectivity index (χ3n) is 6.42. The largest absolute Gasteiger partial charge is 0.481 e. The van der Waals surface area contributed by atoms with Crippen LogP contribution in [0.15, 0.2) is 35.3 Å². The molecule has 9 nitrogen and oxygen atoms in total. The third-order valence-corrected chi connectivity index (χ3v) is 6.42. The molecule has 0 unspecified atom stereocenters. The van der Waals surface area contributed by atoms with E-state index in [1.165, 1.54) is 19.7 Å². The first-order chi connectivity index (χ1) is 14.1. The first-order valence-corrected chi connectivity index (χ1v) is 9.73. The van der Waals surface area contributed by atoms with E-state index in [9.17, 15) is 9.59 Å². The van der Waals surface area contributed by atoms with Crippen LogP contribution in [0.25, 0.3) is 0 Å². The molecule has 152 valence electrons. The quantitative estimate of drug-likeness (QED) is 0.804. The van der Waals surface area contributed by atoms with Crippen molar-refractivity contribution in [1.29, 1.82) is 0 Å². The summed E-state index contributed by atoms with van der Waals surface area (Å²) < 4.78 is 16.6. The zero-order valence-electron chi connectivity index (χ0n) is 16.0. The number of fused-ring (bicyclic) bond motifs is 1. The first-order valence-electron chi connectivity index (χ1n) is 9.73. The molecule has 0 aliphatic carbocycles. The molecule has 2 bridgehead atoms. The topological polar surface area (TPSA) is 107 Å². The molecular formula is C20H22N4O5. The zero-order chi connectivity index (χ0) is 20.0. The number of nitrogens with one attached hydrogen (secondary N) is 1. The van der Waals surface area contributed by atoms with Gasteiger partial charge in [-0.2, -0.15) is 0 Å². The Balaban J connectivity index is 1.27. The number of carbonyl (C=O) groups excluding carboxylic acids is 2. The van der Waals surface area contributed by atoms with Crippen LogP contribution >= 0.6 is 0 Å². The monoisotopic (exact) mass is 398 g/mol. The molecule has 5 rings (SSSR count). The lowest BCUT2D eigenvalue weighted by Crippen LogP contribution is -2.41. The van der Waals surface area contributed by atoms with Crippen LogP contribution in [0.1, 0.15) is 33.8 Å². The Bertz CT molecular complexity index is 933. The molecule has 3 aliphatic rings. The average Bonchev–Trinajstić information content (AvgIpc) is 3.52. The van der Waals surface area contributed by atoms with Gasteiger partial charge in [-0.05, 0) is 18.9 Å². The number of nitrogens with zero attached hydrogens (tertiary/aromatic N) is 3. The summed E-state index contributed by atoms with van der Waals surface area (Å²) in [5.74, 6) is 0.675. The summed E-state index contributed by atoms with van der Waals surface area (Å²) in [6, 6.07) is 3.27. The number of hydrogen-bond donors (Lipinski definition) is 1. The lowest BCUT2D eigenvalue weighted by molar-refractivity contribution is 0.00286. The molecule has 2 aromatic rings. The summed E-state index contributed by atoms with van der Waals surface area (Å²) in [5, 5.41) is 3.02. The van der Waals surface area contributed by atoms with Gasteiger partial charge in [-0.3, -0.25) is 9.59 Å². The van der Waals surface area contributed by atoms with Gasteiger partial charge >= 0.3 is 0 Å². The van der Waals surface area contributed by atoms with Gasteiger partial charge in [0.05, 0.1) is 31.6 Å². The van der Waals surface area contributed by atoms with Gasteiger partial charge in [0.15, 0.2) is 6.39 Å². The SMILES string of the molecule is COc1cc(C(=O)NC[C@H]2[C@H]3CN(C(=O)c4cnco4)C[C@]34CC[C@H]2O4)ccn1. The van der Waals surface area contributed by atoms with Crippen LogP contribution in [0.5, 0.6) is 5.88 Å². The highest BCUT2D eigenvalue weighted by atomic mass is 16.5. The van der Waals surface area contributed by atoms with E-state index in [1.54, 1.807) is 23.2 Å². The second kappa shape index (κ2) is 6.84. The van der Waals surface area contributed by atoms with Crippen LogP contribution in [0.3, 0.4) is 0 Å². The van der Waals surface area contributed by atoms with Crippen molar-refractivity contribution in [2.75, 3.05) is 26.7 Å². The fourth-order valence-corrected chi connectivity index (χ4v) is 5.07. The summed E-state index contributed by atoms with van der Waals surface area (Å²) in [6.45, 7) is 1.66. The van der Waals surface area contributed by atoms with E-state index in [4.69, 9.17) is 13.9 Å². The van der Waals surface area contributed by atoms with E-state index in [0.29, 0.717) is 31.1 Å². The Labute approximate surface area is 167 Å². The maximum absolute atomic E-state index is 12.7. The zero-order valence-corrected chi connectivity index (χ0v) is 16.0. The molecule has 0 radical (unpaired) electrons. The van der Waals surface area contributed by atoms with Crippen LogP contribution in [-0.2, 0) is 4.74 Å². The Kier molecular flexibility index (Phi) is 4.27. The molecule has 3 saturated heterocycles. The Hall–Kier alpha value is -2.94. The van der Waals surface area contributed by atoms with Crippen molar-refractivity contribution in [2.45, 2.75) is 24.5 Å². The first kappa shape index (κ1) is 18.1. The van der Waals surface area contributed by atoms with E-state index >= 15 is 0 Å². The van der Waals surface area contributed by atoms with E-state index in [2.05, 4.69) is 15.3 Å². The van der Waals surface area contributed by atoms with E-state index in [-0.39, 0.29) is 41.1 Å². The molecule has 3 fully saturated rings. The van der Waals surface area contributed by atoms with Crippen molar-refractivity contribution in [3.8, 4) is 5.88 Å². The Morgan fingerprint density at radius 3 is 3.14 bits per heavy atom. The van der Waals surface area contributed by atoms with Crippen molar-refractivity contribution < 1.29 is 23.5 Å². The molecule has 29 heavy (non-hydrogen) atoms. The standard InChI is InChI=1S/C20H22N4O5/c1-27-17-6-12(3-5-22-17)18(25)23-7-13-14-9-24(19(26)16-8-21-11-28-16)10-20(14)4-2-15(13)29-20/h3,5-6,8,11,13-15H,2,4,7,9-10H2,1H3,(H,23,25)/t13-,14+,15+,20+/m0/s1. The van der Waals surface area contributed by atoms with Gasteiger partial charge in [0.25, 0.3) is 11.8 Å².